The number of carboxylic acids is 1. The first kappa shape index (κ1) is 15.2. The highest BCUT2D eigenvalue weighted by atomic mass is 35.5. The van der Waals surface area contributed by atoms with Crippen molar-refractivity contribution in [2.24, 2.45) is 0 Å². The molecule has 6 heteroatoms. The van der Waals surface area contributed by atoms with E-state index in [9.17, 15) is 14.3 Å². The van der Waals surface area contributed by atoms with Gasteiger partial charge in [0, 0.05) is 29.2 Å². The van der Waals surface area contributed by atoms with Crippen molar-refractivity contribution in [2.45, 2.75) is 6.42 Å². The molecule has 0 unspecified atom stereocenters. The van der Waals surface area contributed by atoms with Crippen LogP contribution in [0.3, 0.4) is 0 Å². The molecule has 0 radical (unpaired) electrons. The van der Waals surface area contributed by atoms with Crippen molar-refractivity contribution >= 4 is 17.6 Å². The lowest BCUT2D eigenvalue weighted by atomic mass is 10.1. The number of nitrogens with zero attached hydrogens (tertiary/aromatic N) is 2. The lowest BCUT2D eigenvalue weighted by Crippen LogP contribution is -2.24. The van der Waals surface area contributed by atoms with Crippen molar-refractivity contribution in [2.75, 3.05) is 0 Å². The van der Waals surface area contributed by atoms with Crippen molar-refractivity contribution in [3.8, 4) is 16.8 Å². The third-order valence-corrected chi connectivity index (χ3v) is 3.60. The molecule has 0 amide bonds. The number of carbonyl (C=O) groups is 1. The Morgan fingerprint density at radius 2 is 1.78 bits per heavy atom. The van der Waals surface area contributed by atoms with E-state index in [0.717, 1.165) is 5.56 Å². The zero-order valence-electron chi connectivity index (χ0n) is 11.9. The van der Waals surface area contributed by atoms with Gasteiger partial charge in [-0.05, 0) is 42.0 Å². The maximum atomic E-state index is 13.0. The number of aliphatic carboxylic acids is 1. The maximum Gasteiger partial charge on any atom is 0.123 e. The molecule has 0 fully saturated rings. The molecule has 0 atom stereocenters. The Labute approximate surface area is 136 Å². The van der Waals surface area contributed by atoms with Crippen LogP contribution in [0.4, 0.5) is 4.39 Å². The summed E-state index contributed by atoms with van der Waals surface area (Å²) in [4.78, 5) is 11.0. The lowest BCUT2D eigenvalue weighted by Gasteiger charge is -2.03. The highest BCUT2D eigenvalue weighted by molar-refractivity contribution is 6.30. The van der Waals surface area contributed by atoms with Crippen molar-refractivity contribution < 1.29 is 14.3 Å². The fourth-order valence-corrected chi connectivity index (χ4v) is 2.40. The van der Waals surface area contributed by atoms with E-state index in [-0.39, 0.29) is 12.2 Å². The summed E-state index contributed by atoms with van der Waals surface area (Å²) in [5.41, 5.74) is 2.46. The third-order valence-electron chi connectivity index (χ3n) is 3.35. The molecule has 0 N–H and O–H groups in total. The van der Waals surface area contributed by atoms with Gasteiger partial charge < -0.3 is 9.90 Å². The first-order valence-electron chi connectivity index (χ1n) is 6.83. The minimum Gasteiger partial charge on any atom is -0.550 e. The second-order valence-corrected chi connectivity index (χ2v) is 5.40. The van der Waals surface area contributed by atoms with Crippen LogP contribution in [0, 0.1) is 5.82 Å². The molecule has 4 nitrogen and oxygen atoms in total. The van der Waals surface area contributed by atoms with E-state index in [4.69, 9.17) is 11.6 Å². The second-order valence-electron chi connectivity index (χ2n) is 4.97. The highest BCUT2D eigenvalue weighted by Gasteiger charge is 2.12. The Balaban J connectivity index is 2.08. The van der Waals surface area contributed by atoms with E-state index in [1.807, 2.05) is 0 Å². The summed E-state index contributed by atoms with van der Waals surface area (Å²) in [6, 6.07) is 12.8. The van der Waals surface area contributed by atoms with Crippen LogP contribution >= 0.6 is 11.6 Å². The van der Waals surface area contributed by atoms with E-state index in [2.05, 4.69) is 5.10 Å². The van der Waals surface area contributed by atoms with Gasteiger partial charge in [-0.2, -0.15) is 5.10 Å². The number of carboxylic acid groups (broad SMARTS) is 1. The van der Waals surface area contributed by atoms with Gasteiger partial charge >= 0.3 is 0 Å². The molecule has 0 saturated carbocycles. The van der Waals surface area contributed by atoms with E-state index in [1.165, 1.54) is 16.8 Å². The summed E-state index contributed by atoms with van der Waals surface area (Å²) < 4.78 is 14.5. The molecular weight excluding hydrogens is 319 g/mol. The molecule has 0 bridgehead atoms. The SMILES string of the molecule is O=C([O-])Cc1nn(-c2ccc(F)cc2)cc1-c1ccc(Cl)cc1. The second kappa shape index (κ2) is 6.22. The molecule has 116 valence electrons. The topological polar surface area (TPSA) is 57.9 Å². The maximum absolute atomic E-state index is 13.0. The van der Waals surface area contributed by atoms with Crippen molar-refractivity contribution in [3.63, 3.8) is 0 Å². The van der Waals surface area contributed by atoms with Gasteiger partial charge in [0.15, 0.2) is 0 Å². The van der Waals surface area contributed by atoms with Crippen LogP contribution in [0.15, 0.2) is 54.7 Å². The van der Waals surface area contributed by atoms with Gasteiger partial charge in [-0.25, -0.2) is 9.07 Å². The van der Waals surface area contributed by atoms with Crippen molar-refractivity contribution in [3.05, 3.63) is 71.3 Å². The van der Waals surface area contributed by atoms with Gasteiger partial charge in [0.2, 0.25) is 0 Å². The van der Waals surface area contributed by atoms with Crippen LogP contribution in [0.1, 0.15) is 5.69 Å². The van der Waals surface area contributed by atoms with Crippen molar-refractivity contribution in [1.29, 1.82) is 0 Å². The minimum absolute atomic E-state index is 0.313. The number of hydrogen-bond acceptors (Lipinski definition) is 3. The summed E-state index contributed by atoms with van der Waals surface area (Å²) in [5, 5.41) is 15.8. The van der Waals surface area contributed by atoms with Gasteiger partial charge in [0.1, 0.15) is 5.82 Å². The predicted molar refractivity (Wildman–Crippen MR) is 82.7 cm³/mol. The molecule has 0 aliphatic carbocycles. The molecule has 0 aliphatic heterocycles. The van der Waals surface area contributed by atoms with Gasteiger partial charge in [0.05, 0.1) is 11.4 Å². The smallest absolute Gasteiger partial charge is 0.123 e. The number of benzene rings is 2. The predicted octanol–water partition coefficient (Wildman–Crippen LogP) is 2.62. The van der Waals surface area contributed by atoms with Gasteiger partial charge in [0.25, 0.3) is 0 Å². The van der Waals surface area contributed by atoms with Crippen molar-refractivity contribution in [1.82, 2.24) is 9.78 Å². The Kier molecular flexibility index (Phi) is 4.12. The number of aromatic nitrogens is 2. The Hall–Kier alpha value is -2.66. The molecule has 2 aromatic carbocycles. The number of carbonyl (C=O) groups excluding carboxylic acids is 1. The van der Waals surface area contributed by atoms with Gasteiger partial charge in [-0.15, -0.1) is 0 Å². The van der Waals surface area contributed by atoms with Crippen LogP contribution in [-0.4, -0.2) is 15.7 Å². The zero-order valence-corrected chi connectivity index (χ0v) is 12.6. The fraction of sp³-hybridized carbons (Fsp3) is 0.0588. The molecule has 3 aromatic rings. The largest absolute Gasteiger partial charge is 0.550 e. The Bertz CT molecular complexity index is 842. The normalized spacial score (nSPS) is 10.7. The van der Waals surface area contributed by atoms with Crippen LogP contribution in [0.5, 0.6) is 0 Å². The minimum atomic E-state index is -1.22. The standard InChI is InChI=1S/C17H12ClFN2O2/c18-12-3-1-11(2-4-12)15-10-21(20-16(15)9-17(22)23)14-7-5-13(19)6-8-14/h1-8,10H,9H2,(H,22,23)/p-1. The third kappa shape index (κ3) is 3.40. The summed E-state index contributed by atoms with van der Waals surface area (Å²) in [5.74, 6) is -1.57. The van der Waals surface area contributed by atoms with Crippen LogP contribution in [-0.2, 0) is 11.2 Å². The van der Waals surface area contributed by atoms with Crippen LogP contribution in [0.25, 0.3) is 16.8 Å². The average Bonchev–Trinajstić information content (AvgIpc) is 2.92. The molecule has 0 saturated heterocycles. The van der Waals surface area contributed by atoms with Crippen LogP contribution in [0.2, 0.25) is 5.02 Å². The molecular formula is C17H11ClFN2O2-. The first-order valence-corrected chi connectivity index (χ1v) is 7.21. The molecule has 1 aromatic heterocycles. The summed E-state index contributed by atoms with van der Waals surface area (Å²) in [6.07, 6.45) is 1.39. The van der Waals surface area contributed by atoms with E-state index >= 15 is 0 Å². The quantitative estimate of drug-likeness (QED) is 0.739. The summed E-state index contributed by atoms with van der Waals surface area (Å²) in [6.45, 7) is 0. The number of halogens is 2. The monoisotopic (exact) mass is 329 g/mol. The van der Waals surface area contributed by atoms with E-state index in [1.54, 1.807) is 42.6 Å². The number of hydrogen-bond donors (Lipinski definition) is 0. The van der Waals surface area contributed by atoms with E-state index < -0.39 is 5.97 Å². The zero-order chi connectivity index (χ0) is 16.4. The first-order chi connectivity index (χ1) is 11.0. The highest BCUT2D eigenvalue weighted by Crippen LogP contribution is 2.26. The Morgan fingerprint density at radius 1 is 1.13 bits per heavy atom. The molecule has 0 spiro atoms. The Morgan fingerprint density at radius 3 is 2.39 bits per heavy atom. The molecule has 3 rings (SSSR count). The van der Waals surface area contributed by atoms with Gasteiger partial charge in [-0.3, -0.25) is 0 Å². The average molecular weight is 330 g/mol. The molecule has 1 heterocycles. The van der Waals surface area contributed by atoms with Crippen LogP contribution < -0.4 is 5.11 Å². The van der Waals surface area contributed by atoms with E-state index in [0.29, 0.717) is 22.0 Å². The molecule has 23 heavy (non-hydrogen) atoms. The summed E-state index contributed by atoms with van der Waals surface area (Å²) in [7, 11) is 0. The summed E-state index contributed by atoms with van der Waals surface area (Å²) >= 11 is 5.88. The van der Waals surface area contributed by atoms with Gasteiger partial charge in [-0.1, -0.05) is 23.7 Å². The fourth-order valence-electron chi connectivity index (χ4n) is 2.27. The number of rotatable bonds is 4. The molecule has 0 aliphatic rings. The lowest BCUT2D eigenvalue weighted by molar-refractivity contribution is -0.304.